The summed E-state index contributed by atoms with van der Waals surface area (Å²) in [6.45, 7) is 3.60. The number of carbonyl (C=O) groups is 1. The standard InChI is InChI=1S/C10H9Cl3N2O/c1-5(11)4-15-10(16)7-2-6(14)3-8(12)9(7)13/h2-3H,1,4,14H2,(H,15,16). The lowest BCUT2D eigenvalue weighted by molar-refractivity contribution is 0.0958. The predicted octanol–water partition coefficient (Wildman–Crippen LogP) is 3.06. The fourth-order valence-electron chi connectivity index (χ4n) is 1.05. The lowest BCUT2D eigenvalue weighted by atomic mass is 10.2. The molecular weight excluding hydrogens is 270 g/mol. The first kappa shape index (κ1) is 13.2. The number of hydrogen-bond donors (Lipinski definition) is 2. The van der Waals surface area contributed by atoms with E-state index in [1.807, 2.05) is 0 Å². The molecule has 0 aliphatic rings. The second kappa shape index (κ2) is 5.43. The van der Waals surface area contributed by atoms with Crippen LogP contribution in [0.4, 0.5) is 5.69 Å². The Kier molecular flexibility index (Phi) is 4.47. The van der Waals surface area contributed by atoms with Crippen molar-refractivity contribution in [2.24, 2.45) is 0 Å². The number of benzene rings is 1. The summed E-state index contributed by atoms with van der Waals surface area (Å²) in [6, 6.07) is 2.92. The third-order valence-corrected chi connectivity index (χ3v) is 2.67. The maximum atomic E-state index is 11.7. The van der Waals surface area contributed by atoms with E-state index >= 15 is 0 Å². The maximum absolute atomic E-state index is 11.7. The van der Waals surface area contributed by atoms with Crippen LogP contribution in [0.5, 0.6) is 0 Å². The second-order valence-electron chi connectivity index (χ2n) is 3.06. The Labute approximate surface area is 108 Å². The van der Waals surface area contributed by atoms with Gasteiger partial charge in [0.15, 0.2) is 0 Å². The maximum Gasteiger partial charge on any atom is 0.253 e. The highest BCUT2D eigenvalue weighted by Crippen LogP contribution is 2.28. The van der Waals surface area contributed by atoms with Gasteiger partial charge in [0.05, 0.1) is 22.2 Å². The summed E-state index contributed by atoms with van der Waals surface area (Å²) in [5.74, 6) is -0.402. The Hall–Kier alpha value is -0.900. The zero-order chi connectivity index (χ0) is 12.3. The molecule has 0 heterocycles. The summed E-state index contributed by atoms with van der Waals surface area (Å²) in [4.78, 5) is 11.7. The van der Waals surface area contributed by atoms with E-state index in [4.69, 9.17) is 40.5 Å². The molecule has 0 atom stereocenters. The molecule has 3 N–H and O–H groups in total. The molecule has 16 heavy (non-hydrogen) atoms. The van der Waals surface area contributed by atoms with Crippen LogP contribution in [-0.2, 0) is 0 Å². The summed E-state index contributed by atoms with van der Waals surface area (Å²) in [5.41, 5.74) is 6.13. The minimum Gasteiger partial charge on any atom is -0.399 e. The smallest absolute Gasteiger partial charge is 0.253 e. The molecule has 0 fully saturated rings. The SMILES string of the molecule is C=C(Cl)CNC(=O)c1cc(N)cc(Cl)c1Cl. The molecule has 1 aromatic rings. The molecule has 0 aromatic heterocycles. The molecule has 0 bridgehead atoms. The van der Waals surface area contributed by atoms with Crippen molar-refractivity contribution in [3.63, 3.8) is 0 Å². The summed E-state index contributed by atoms with van der Waals surface area (Å²) in [5, 5.41) is 3.24. The van der Waals surface area contributed by atoms with E-state index in [9.17, 15) is 4.79 Å². The van der Waals surface area contributed by atoms with Gasteiger partial charge in [0.25, 0.3) is 5.91 Å². The fraction of sp³-hybridized carbons (Fsp3) is 0.100. The normalized spacial score (nSPS) is 9.94. The first-order chi connectivity index (χ1) is 7.41. The number of anilines is 1. The van der Waals surface area contributed by atoms with Crippen LogP contribution in [0, 0.1) is 0 Å². The van der Waals surface area contributed by atoms with Crippen LogP contribution in [0.1, 0.15) is 10.4 Å². The lowest BCUT2D eigenvalue weighted by Crippen LogP contribution is -2.24. The molecule has 0 spiro atoms. The van der Waals surface area contributed by atoms with Gasteiger partial charge in [-0.1, -0.05) is 41.4 Å². The van der Waals surface area contributed by atoms with Gasteiger partial charge in [-0.15, -0.1) is 0 Å². The van der Waals surface area contributed by atoms with Crippen molar-refractivity contribution < 1.29 is 4.79 Å². The van der Waals surface area contributed by atoms with E-state index in [0.29, 0.717) is 10.7 Å². The van der Waals surface area contributed by atoms with Crippen molar-refractivity contribution in [3.05, 3.63) is 39.4 Å². The summed E-state index contributed by atoms with van der Waals surface area (Å²) in [6.07, 6.45) is 0. The Morgan fingerprint density at radius 1 is 1.44 bits per heavy atom. The van der Waals surface area contributed by atoms with Crippen LogP contribution in [0.15, 0.2) is 23.7 Å². The Morgan fingerprint density at radius 2 is 2.06 bits per heavy atom. The summed E-state index contributed by atoms with van der Waals surface area (Å²) >= 11 is 17.2. The highest BCUT2D eigenvalue weighted by atomic mass is 35.5. The molecule has 0 radical (unpaired) electrons. The van der Waals surface area contributed by atoms with Crippen LogP contribution in [0.2, 0.25) is 10.0 Å². The Morgan fingerprint density at radius 3 is 2.62 bits per heavy atom. The van der Waals surface area contributed by atoms with Crippen LogP contribution < -0.4 is 11.1 Å². The van der Waals surface area contributed by atoms with Gasteiger partial charge in [0, 0.05) is 10.7 Å². The fourth-order valence-corrected chi connectivity index (χ4v) is 1.54. The van der Waals surface area contributed by atoms with Gasteiger partial charge in [-0.25, -0.2) is 0 Å². The number of nitrogens with one attached hydrogen (secondary N) is 1. The second-order valence-corrected chi connectivity index (χ2v) is 4.38. The van der Waals surface area contributed by atoms with Gasteiger partial charge < -0.3 is 11.1 Å². The number of amides is 1. The van der Waals surface area contributed by atoms with E-state index in [-0.39, 0.29) is 22.2 Å². The molecule has 0 unspecified atom stereocenters. The number of halogens is 3. The van der Waals surface area contributed by atoms with Crippen LogP contribution in [0.3, 0.4) is 0 Å². The third-order valence-electron chi connectivity index (χ3n) is 1.74. The highest BCUT2D eigenvalue weighted by Gasteiger charge is 2.13. The third kappa shape index (κ3) is 3.30. The molecule has 0 saturated heterocycles. The van der Waals surface area contributed by atoms with Gasteiger partial charge in [-0.2, -0.15) is 0 Å². The quantitative estimate of drug-likeness (QED) is 0.836. The van der Waals surface area contributed by atoms with Crippen molar-refractivity contribution in [3.8, 4) is 0 Å². The van der Waals surface area contributed by atoms with Crippen molar-refractivity contribution in [1.29, 1.82) is 0 Å². The van der Waals surface area contributed by atoms with E-state index in [0.717, 1.165) is 0 Å². The van der Waals surface area contributed by atoms with Crippen molar-refractivity contribution in [1.82, 2.24) is 5.32 Å². The molecule has 3 nitrogen and oxygen atoms in total. The Bertz CT molecular complexity index is 446. The predicted molar refractivity (Wildman–Crippen MR) is 68.2 cm³/mol. The van der Waals surface area contributed by atoms with Gasteiger partial charge in [-0.05, 0) is 12.1 Å². The first-order valence-corrected chi connectivity index (χ1v) is 5.41. The molecular formula is C10H9Cl3N2O. The van der Waals surface area contributed by atoms with Crippen LogP contribution >= 0.6 is 34.8 Å². The largest absolute Gasteiger partial charge is 0.399 e. The van der Waals surface area contributed by atoms with Crippen LogP contribution in [0.25, 0.3) is 0 Å². The van der Waals surface area contributed by atoms with Gasteiger partial charge in [-0.3, -0.25) is 4.79 Å². The number of rotatable bonds is 3. The molecule has 86 valence electrons. The van der Waals surface area contributed by atoms with E-state index in [1.54, 1.807) is 0 Å². The topological polar surface area (TPSA) is 55.1 Å². The van der Waals surface area contributed by atoms with Crippen molar-refractivity contribution in [2.45, 2.75) is 0 Å². The number of carbonyl (C=O) groups excluding carboxylic acids is 1. The molecule has 0 saturated carbocycles. The number of nitrogen functional groups attached to an aromatic ring is 1. The zero-order valence-electron chi connectivity index (χ0n) is 8.19. The van der Waals surface area contributed by atoms with Gasteiger partial charge >= 0.3 is 0 Å². The minimum atomic E-state index is -0.402. The van der Waals surface area contributed by atoms with Crippen molar-refractivity contribution >= 4 is 46.4 Å². The number of hydrogen-bond acceptors (Lipinski definition) is 2. The Balaban J connectivity index is 2.95. The molecule has 0 aliphatic carbocycles. The first-order valence-electron chi connectivity index (χ1n) is 4.28. The van der Waals surface area contributed by atoms with E-state index < -0.39 is 5.91 Å². The molecule has 6 heteroatoms. The molecule has 0 aliphatic heterocycles. The van der Waals surface area contributed by atoms with Crippen LogP contribution in [-0.4, -0.2) is 12.5 Å². The average Bonchev–Trinajstić information content (AvgIpc) is 2.19. The summed E-state index contributed by atoms with van der Waals surface area (Å²) < 4.78 is 0. The lowest BCUT2D eigenvalue weighted by Gasteiger charge is -2.08. The average molecular weight is 280 g/mol. The van der Waals surface area contributed by atoms with E-state index in [1.165, 1.54) is 12.1 Å². The molecule has 1 aromatic carbocycles. The molecule has 1 rings (SSSR count). The highest BCUT2D eigenvalue weighted by molar-refractivity contribution is 6.44. The van der Waals surface area contributed by atoms with E-state index in [2.05, 4.69) is 11.9 Å². The minimum absolute atomic E-state index is 0.156. The zero-order valence-corrected chi connectivity index (χ0v) is 10.5. The monoisotopic (exact) mass is 278 g/mol. The van der Waals surface area contributed by atoms with Gasteiger partial charge in [0.1, 0.15) is 0 Å². The van der Waals surface area contributed by atoms with Crippen molar-refractivity contribution in [2.75, 3.05) is 12.3 Å². The van der Waals surface area contributed by atoms with Gasteiger partial charge in [0.2, 0.25) is 0 Å². The summed E-state index contributed by atoms with van der Waals surface area (Å²) in [7, 11) is 0. The number of nitrogens with two attached hydrogens (primary N) is 1. The molecule has 1 amide bonds.